The van der Waals surface area contributed by atoms with Crippen LogP contribution >= 0.6 is 11.6 Å². The number of nitrogens with one attached hydrogen (secondary N) is 1. The molecule has 9 heteroatoms. The second kappa shape index (κ2) is 12.3. The van der Waals surface area contributed by atoms with Gasteiger partial charge in [0.15, 0.2) is 0 Å². The molecule has 2 amide bonds. The number of rotatable bonds is 10. The maximum absolute atomic E-state index is 13.8. The summed E-state index contributed by atoms with van der Waals surface area (Å²) >= 11 is 6.02. The molecule has 3 aromatic rings. The van der Waals surface area contributed by atoms with Crippen molar-refractivity contribution in [3.63, 3.8) is 0 Å². The summed E-state index contributed by atoms with van der Waals surface area (Å²) in [6, 6.07) is 19.5. The summed E-state index contributed by atoms with van der Waals surface area (Å²) in [6.45, 7) is 7.21. The lowest BCUT2D eigenvalue weighted by Crippen LogP contribution is -2.51. The molecule has 3 aromatic carbocycles. The number of sulfonamides is 1. The Hall–Kier alpha value is -3.36. The van der Waals surface area contributed by atoms with Crippen molar-refractivity contribution in [1.29, 1.82) is 0 Å². The molecule has 0 aliphatic carbocycles. The van der Waals surface area contributed by atoms with Gasteiger partial charge in [-0.1, -0.05) is 48.0 Å². The minimum atomic E-state index is -4.08. The Morgan fingerprint density at radius 2 is 1.54 bits per heavy atom. The van der Waals surface area contributed by atoms with Crippen molar-refractivity contribution >= 4 is 39.1 Å². The average molecular weight is 542 g/mol. The van der Waals surface area contributed by atoms with Crippen molar-refractivity contribution in [3.8, 4) is 0 Å². The van der Waals surface area contributed by atoms with Gasteiger partial charge in [-0.25, -0.2) is 8.42 Å². The van der Waals surface area contributed by atoms with Gasteiger partial charge >= 0.3 is 0 Å². The first-order chi connectivity index (χ1) is 17.5. The summed E-state index contributed by atoms with van der Waals surface area (Å²) in [5, 5.41) is 3.30. The van der Waals surface area contributed by atoms with Crippen molar-refractivity contribution in [2.45, 2.75) is 45.2 Å². The Balaban J connectivity index is 2.04. The highest BCUT2D eigenvalue weighted by Crippen LogP contribution is 2.26. The SMILES string of the molecule is CCNC(=O)[C@H](C)N(Cc1ccc(Cl)cc1)C(=O)CN(c1cc(C)cc(C)c1)S(=O)(=O)c1ccccc1. The van der Waals surface area contributed by atoms with Crippen molar-refractivity contribution in [2.24, 2.45) is 0 Å². The van der Waals surface area contributed by atoms with Gasteiger partial charge in [-0.05, 0) is 80.8 Å². The van der Waals surface area contributed by atoms with Gasteiger partial charge in [-0.15, -0.1) is 0 Å². The number of hydrogen-bond donors (Lipinski definition) is 1. The summed E-state index contributed by atoms with van der Waals surface area (Å²) in [5.41, 5.74) is 2.87. The number of amides is 2. The normalized spacial score (nSPS) is 12.0. The summed E-state index contributed by atoms with van der Waals surface area (Å²) < 4.78 is 28.7. The second-order valence-corrected chi connectivity index (χ2v) is 11.2. The Kier molecular flexibility index (Phi) is 9.34. The second-order valence-electron chi connectivity index (χ2n) is 8.89. The minimum absolute atomic E-state index is 0.0722. The molecule has 0 radical (unpaired) electrons. The maximum atomic E-state index is 13.8. The van der Waals surface area contributed by atoms with Gasteiger partial charge < -0.3 is 10.2 Å². The number of nitrogens with zero attached hydrogens (tertiary/aromatic N) is 2. The molecule has 37 heavy (non-hydrogen) atoms. The van der Waals surface area contributed by atoms with Crippen LogP contribution in [-0.4, -0.2) is 44.3 Å². The summed E-state index contributed by atoms with van der Waals surface area (Å²) in [6.07, 6.45) is 0. The van der Waals surface area contributed by atoms with E-state index < -0.39 is 28.5 Å². The lowest BCUT2D eigenvalue weighted by Gasteiger charge is -2.32. The number of hydrogen-bond acceptors (Lipinski definition) is 4. The van der Waals surface area contributed by atoms with Gasteiger partial charge in [0.2, 0.25) is 11.8 Å². The van der Waals surface area contributed by atoms with Crippen LogP contribution in [0.2, 0.25) is 5.02 Å². The number of likely N-dealkylation sites (N-methyl/N-ethyl adjacent to an activating group) is 1. The van der Waals surface area contributed by atoms with Crippen LogP contribution in [0.4, 0.5) is 5.69 Å². The maximum Gasteiger partial charge on any atom is 0.264 e. The molecule has 0 aromatic heterocycles. The quantitative estimate of drug-likeness (QED) is 0.403. The number of benzene rings is 3. The third-order valence-corrected chi connectivity index (χ3v) is 7.93. The first-order valence-electron chi connectivity index (χ1n) is 12.0. The molecule has 0 bridgehead atoms. The zero-order valence-corrected chi connectivity index (χ0v) is 23.0. The summed E-state index contributed by atoms with van der Waals surface area (Å²) in [7, 11) is -4.08. The fourth-order valence-electron chi connectivity index (χ4n) is 4.03. The zero-order chi connectivity index (χ0) is 27.2. The number of halogens is 1. The largest absolute Gasteiger partial charge is 0.355 e. The standard InChI is InChI=1S/C28H32ClN3O4S/c1-5-30-28(34)22(4)31(18-23-11-13-24(29)14-12-23)27(33)19-32(25-16-20(2)15-21(3)17-25)37(35,36)26-9-7-6-8-10-26/h6-17,22H,5,18-19H2,1-4H3,(H,30,34)/t22-/m0/s1. The molecular formula is C28H32ClN3O4S. The molecule has 0 fully saturated rings. The molecular weight excluding hydrogens is 510 g/mol. The topological polar surface area (TPSA) is 86.8 Å². The number of carbonyl (C=O) groups excluding carboxylic acids is 2. The Morgan fingerprint density at radius 3 is 2.11 bits per heavy atom. The van der Waals surface area contributed by atoms with E-state index in [1.54, 1.807) is 68.4 Å². The zero-order valence-electron chi connectivity index (χ0n) is 21.4. The van der Waals surface area contributed by atoms with E-state index in [1.165, 1.54) is 17.0 Å². The van der Waals surface area contributed by atoms with Crippen LogP contribution < -0.4 is 9.62 Å². The molecule has 0 unspecified atom stereocenters. The Morgan fingerprint density at radius 1 is 0.946 bits per heavy atom. The molecule has 0 saturated carbocycles. The third kappa shape index (κ3) is 7.11. The lowest BCUT2D eigenvalue weighted by molar-refractivity contribution is -0.139. The van der Waals surface area contributed by atoms with Crippen molar-refractivity contribution in [1.82, 2.24) is 10.2 Å². The van der Waals surface area contributed by atoms with Gasteiger partial charge in [-0.3, -0.25) is 13.9 Å². The molecule has 0 aliphatic rings. The molecule has 7 nitrogen and oxygen atoms in total. The van der Waals surface area contributed by atoms with E-state index in [9.17, 15) is 18.0 Å². The van der Waals surface area contributed by atoms with E-state index in [0.29, 0.717) is 17.3 Å². The van der Waals surface area contributed by atoms with Crippen LogP contribution in [-0.2, 0) is 26.2 Å². The first kappa shape index (κ1) is 28.2. The third-order valence-electron chi connectivity index (χ3n) is 5.89. The van der Waals surface area contributed by atoms with Crippen molar-refractivity contribution < 1.29 is 18.0 Å². The molecule has 1 N–H and O–H groups in total. The monoisotopic (exact) mass is 541 g/mol. The highest BCUT2D eigenvalue weighted by molar-refractivity contribution is 7.92. The van der Waals surface area contributed by atoms with E-state index in [2.05, 4.69) is 5.32 Å². The van der Waals surface area contributed by atoms with E-state index in [0.717, 1.165) is 21.0 Å². The predicted octanol–water partition coefficient (Wildman–Crippen LogP) is 4.71. The van der Waals surface area contributed by atoms with Gasteiger partial charge in [0.1, 0.15) is 12.6 Å². The number of aryl methyl sites for hydroxylation is 2. The van der Waals surface area contributed by atoms with Crippen LogP contribution in [0.5, 0.6) is 0 Å². The minimum Gasteiger partial charge on any atom is -0.355 e. The molecule has 1 atom stereocenters. The Labute approximate surface area is 224 Å². The fraction of sp³-hybridized carbons (Fsp3) is 0.286. The van der Waals surface area contributed by atoms with Crippen LogP contribution in [0.25, 0.3) is 0 Å². The van der Waals surface area contributed by atoms with Crippen molar-refractivity contribution in [2.75, 3.05) is 17.4 Å². The van der Waals surface area contributed by atoms with Crippen LogP contribution in [0.1, 0.15) is 30.5 Å². The van der Waals surface area contributed by atoms with Crippen LogP contribution in [0.15, 0.2) is 77.7 Å². The molecule has 0 heterocycles. The fourth-order valence-corrected chi connectivity index (χ4v) is 5.58. The van der Waals surface area contributed by atoms with Crippen molar-refractivity contribution in [3.05, 3.63) is 94.5 Å². The smallest absolute Gasteiger partial charge is 0.264 e. The molecule has 0 saturated heterocycles. The van der Waals surface area contributed by atoms with Gasteiger partial charge in [0, 0.05) is 18.1 Å². The first-order valence-corrected chi connectivity index (χ1v) is 13.8. The predicted molar refractivity (Wildman–Crippen MR) is 147 cm³/mol. The lowest BCUT2D eigenvalue weighted by atomic mass is 10.1. The number of anilines is 1. The van der Waals surface area contributed by atoms with E-state index in [1.807, 2.05) is 19.9 Å². The van der Waals surface area contributed by atoms with Gasteiger partial charge in [0.25, 0.3) is 10.0 Å². The van der Waals surface area contributed by atoms with E-state index in [-0.39, 0.29) is 17.3 Å². The average Bonchev–Trinajstić information content (AvgIpc) is 2.86. The van der Waals surface area contributed by atoms with Crippen LogP contribution in [0, 0.1) is 13.8 Å². The molecule has 3 rings (SSSR count). The summed E-state index contributed by atoms with van der Waals surface area (Å²) in [4.78, 5) is 28.0. The highest BCUT2D eigenvalue weighted by Gasteiger charge is 2.32. The van der Waals surface area contributed by atoms with E-state index in [4.69, 9.17) is 11.6 Å². The highest BCUT2D eigenvalue weighted by atomic mass is 35.5. The van der Waals surface area contributed by atoms with Crippen LogP contribution in [0.3, 0.4) is 0 Å². The van der Waals surface area contributed by atoms with E-state index >= 15 is 0 Å². The Bertz CT molecular complexity index is 1330. The van der Waals surface area contributed by atoms with Gasteiger partial charge in [-0.2, -0.15) is 0 Å². The number of carbonyl (C=O) groups is 2. The summed E-state index contributed by atoms with van der Waals surface area (Å²) in [5.74, 6) is -0.832. The molecule has 0 aliphatic heterocycles. The molecule has 196 valence electrons. The molecule has 0 spiro atoms. The van der Waals surface area contributed by atoms with Gasteiger partial charge in [0.05, 0.1) is 10.6 Å².